The lowest BCUT2D eigenvalue weighted by Crippen LogP contribution is -2.24. The van der Waals surface area contributed by atoms with E-state index in [1.807, 2.05) is 20.8 Å². The second-order valence-corrected chi connectivity index (χ2v) is 3.90. The first-order chi connectivity index (χ1) is 6.49. The van der Waals surface area contributed by atoms with E-state index in [4.69, 9.17) is 4.74 Å². The molecule has 14 heavy (non-hydrogen) atoms. The summed E-state index contributed by atoms with van der Waals surface area (Å²) in [6.07, 6.45) is 5.37. The lowest BCUT2D eigenvalue weighted by Gasteiger charge is -2.19. The second-order valence-electron chi connectivity index (χ2n) is 3.90. The van der Waals surface area contributed by atoms with E-state index < -0.39 is 11.6 Å². The summed E-state index contributed by atoms with van der Waals surface area (Å²) in [5.74, 6) is -0.437. The van der Waals surface area contributed by atoms with Crippen LogP contribution in [0.2, 0.25) is 0 Å². The van der Waals surface area contributed by atoms with Gasteiger partial charge >= 0.3 is 5.97 Å². The van der Waals surface area contributed by atoms with Crippen LogP contribution in [0.1, 0.15) is 27.2 Å². The molecule has 0 aromatic rings. The van der Waals surface area contributed by atoms with E-state index >= 15 is 0 Å². The highest BCUT2D eigenvalue weighted by molar-refractivity contribution is 5.92. The maximum Gasteiger partial charge on any atom is 0.359 e. The summed E-state index contributed by atoms with van der Waals surface area (Å²) in [5.41, 5.74) is -0.252. The Labute approximate surface area is 83.4 Å². The van der Waals surface area contributed by atoms with Crippen LogP contribution >= 0.6 is 0 Å². The number of esters is 1. The summed E-state index contributed by atoms with van der Waals surface area (Å²) < 4.78 is 5.14. The van der Waals surface area contributed by atoms with Gasteiger partial charge in [0.05, 0.1) is 6.20 Å². The van der Waals surface area contributed by atoms with Gasteiger partial charge < -0.3 is 4.74 Å². The normalized spacial score (nSPS) is 16.1. The van der Waals surface area contributed by atoms with Gasteiger partial charge in [-0.3, -0.25) is 9.98 Å². The summed E-state index contributed by atoms with van der Waals surface area (Å²) in [6, 6.07) is 0. The molecule has 0 saturated carbocycles. The lowest BCUT2D eigenvalue weighted by molar-refractivity contribution is -0.149. The summed E-state index contributed by atoms with van der Waals surface area (Å²) in [5, 5.41) is 0. The van der Waals surface area contributed by atoms with Gasteiger partial charge in [0.1, 0.15) is 5.60 Å². The second kappa shape index (κ2) is 4.17. The number of carbonyl (C=O) groups excluding carboxylic acids is 1. The Kier molecular flexibility index (Phi) is 3.17. The van der Waals surface area contributed by atoms with Crippen LogP contribution in [0.25, 0.3) is 0 Å². The van der Waals surface area contributed by atoms with Gasteiger partial charge in [0.15, 0.2) is 5.70 Å². The molecule has 0 fully saturated rings. The van der Waals surface area contributed by atoms with E-state index in [-0.39, 0.29) is 5.70 Å². The van der Waals surface area contributed by atoms with Gasteiger partial charge in [-0.25, -0.2) is 4.79 Å². The molecule has 0 amide bonds. The topological polar surface area (TPSA) is 51.0 Å². The fraction of sp³-hybridized carbons (Fsp3) is 0.500. The molecule has 1 aliphatic heterocycles. The average molecular weight is 194 g/mol. The van der Waals surface area contributed by atoms with Gasteiger partial charge in [-0.1, -0.05) is 0 Å². The first-order valence-corrected chi connectivity index (χ1v) is 4.47. The third-order valence-electron chi connectivity index (χ3n) is 1.35. The molecule has 0 unspecified atom stereocenters. The number of nitrogens with zero attached hydrogens (tertiary/aromatic N) is 2. The molecule has 0 saturated heterocycles. The van der Waals surface area contributed by atoms with Crippen molar-refractivity contribution in [2.45, 2.75) is 32.8 Å². The third kappa shape index (κ3) is 3.51. The Bertz CT molecular complexity index is 309. The largest absolute Gasteiger partial charge is 0.455 e. The molecule has 1 aliphatic rings. The molecule has 0 radical (unpaired) electrons. The molecule has 4 heteroatoms. The van der Waals surface area contributed by atoms with Crippen molar-refractivity contribution in [3.8, 4) is 0 Å². The molecule has 1 rings (SSSR count). The van der Waals surface area contributed by atoms with Crippen molar-refractivity contribution in [1.29, 1.82) is 0 Å². The highest BCUT2D eigenvalue weighted by Gasteiger charge is 2.19. The molecule has 0 N–H and O–H groups in total. The number of rotatable bonds is 1. The van der Waals surface area contributed by atoms with Crippen molar-refractivity contribution in [2.75, 3.05) is 0 Å². The minimum absolute atomic E-state index is 0.244. The zero-order chi connectivity index (χ0) is 10.6. The molecule has 0 aliphatic carbocycles. The standard InChI is InChI=1S/C10H14N2O2/c1-10(2,3)14-9(13)8-7-11-5-4-6-12-8/h5-7H,4H2,1-3H3. The van der Waals surface area contributed by atoms with Crippen molar-refractivity contribution in [3.63, 3.8) is 0 Å². The zero-order valence-electron chi connectivity index (χ0n) is 8.65. The van der Waals surface area contributed by atoms with Gasteiger partial charge in [-0.2, -0.15) is 0 Å². The van der Waals surface area contributed by atoms with E-state index in [1.165, 1.54) is 6.20 Å². The molecule has 0 bridgehead atoms. The number of hydrogen-bond donors (Lipinski definition) is 0. The van der Waals surface area contributed by atoms with Crippen LogP contribution < -0.4 is 0 Å². The number of hydrogen-bond acceptors (Lipinski definition) is 4. The molecule has 0 aromatic heterocycles. The number of carbonyl (C=O) groups is 1. The minimum atomic E-state index is -0.497. The van der Waals surface area contributed by atoms with Crippen LogP contribution in [0.3, 0.4) is 0 Å². The van der Waals surface area contributed by atoms with Gasteiger partial charge in [0, 0.05) is 18.9 Å². The predicted molar refractivity (Wildman–Crippen MR) is 55.5 cm³/mol. The van der Waals surface area contributed by atoms with Crippen molar-refractivity contribution in [1.82, 2.24) is 0 Å². The highest BCUT2D eigenvalue weighted by atomic mass is 16.6. The molecular formula is C10H14N2O2. The number of ether oxygens (including phenoxy) is 1. The van der Waals surface area contributed by atoms with E-state index in [0.29, 0.717) is 6.42 Å². The van der Waals surface area contributed by atoms with E-state index in [2.05, 4.69) is 9.98 Å². The van der Waals surface area contributed by atoms with Crippen molar-refractivity contribution in [2.24, 2.45) is 9.98 Å². The smallest absolute Gasteiger partial charge is 0.359 e. The molecule has 76 valence electrons. The van der Waals surface area contributed by atoms with Gasteiger partial charge in [-0.15, -0.1) is 0 Å². The third-order valence-corrected chi connectivity index (χ3v) is 1.35. The van der Waals surface area contributed by atoms with Crippen molar-refractivity contribution >= 4 is 18.4 Å². The Morgan fingerprint density at radius 1 is 1.43 bits per heavy atom. The summed E-state index contributed by atoms with van der Waals surface area (Å²) >= 11 is 0. The van der Waals surface area contributed by atoms with Crippen LogP contribution in [0.15, 0.2) is 21.9 Å². The monoisotopic (exact) mass is 194 g/mol. The zero-order valence-corrected chi connectivity index (χ0v) is 8.65. The Morgan fingerprint density at radius 3 is 2.79 bits per heavy atom. The maximum atomic E-state index is 11.5. The molecule has 0 atom stereocenters. The molecule has 4 nitrogen and oxygen atoms in total. The predicted octanol–water partition coefficient (Wildman–Crippen LogP) is 1.71. The Balaban J connectivity index is 2.69. The van der Waals surface area contributed by atoms with Gasteiger partial charge in [0.25, 0.3) is 0 Å². The number of aliphatic imine (C=N–C) groups is 2. The summed E-state index contributed by atoms with van der Waals surface area (Å²) in [4.78, 5) is 19.3. The lowest BCUT2D eigenvalue weighted by atomic mass is 10.2. The summed E-state index contributed by atoms with van der Waals surface area (Å²) in [6.45, 7) is 5.44. The average Bonchev–Trinajstić information content (AvgIpc) is 2.27. The maximum absolute atomic E-state index is 11.5. The van der Waals surface area contributed by atoms with Crippen LogP contribution in [0.5, 0.6) is 0 Å². The fourth-order valence-electron chi connectivity index (χ4n) is 0.851. The van der Waals surface area contributed by atoms with Gasteiger partial charge in [-0.05, 0) is 20.8 Å². The van der Waals surface area contributed by atoms with Crippen LogP contribution in [-0.4, -0.2) is 24.0 Å². The molecular weight excluding hydrogens is 180 g/mol. The fourth-order valence-corrected chi connectivity index (χ4v) is 0.851. The minimum Gasteiger partial charge on any atom is -0.455 e. The Hall–Kier alpha value is -1.45. The van der Waals surface area contributed by atoms with Crippen LogP contribution in [-0.2, 0) is 9.53 Å². The van der Waals surface area contributed by atoms with Gasteiger partial charge in [0.2, 0.25) is 0 Å². The Morgan fingerprint density at radius 2 is 2.14 bits per heavy atom. The van der Waals surface area contributed by atoms with E-state index in [9.17, 15) is 4.79 Å². The summed E-state index contributed by atoms with van der Waals surface area (Å²) in [7, 11) is 0. The van der Waals surface area contributed by atoms with Crippen molar-refractivity contribution in [3.05, 3.63) is 11.9 Å². The SMILES string of the molecule is CC(C)(C)OC(=O)C1=CN=CCC=N1. The molecule has 0 spiro atoms. The highest BCUT2D eigenvalue weighted by Crippen LogP contribution is 2.12. The first-order valence-electron chi connectivity index (χ1n) is 4.47. The first kappa shape index (κ1) is 10.6. The van der Waals surface area contributed by atoms with Crippen LogP contribution in [0.4, 0.5) is 0 Å². The quantitative estimate of drug-likeness (QED) is 0.597. The van der Waals surface area contributed by atoms with Crippen molar-refractivity contribution < 1.29 is 9.53 Å². The van der Waals surface area contributed by atoms with Crippen LogP contribution in [0, 0.1) is 0 Å². The molecule has 1 heterocycles. The van der Waals surface area contributed by atoms with E-state index in [0.717, 1.165) is 0 Å². The molecule has 0 aromatic carbocycles. The van der Waals surface area contributed by atoms with E-state index in [1.54, 1.807) is 12.4 Å².